The van der Waals surface area contributed by atoms with Gasteiger partial charge >= 0.3 is 13.8 Å². The topological polar surface area (TPSA) is 82.1 Å². The van der Waals surface area contributed by atoms with E-state index in [1.807, 2.05) is 21.1 Å². The van der Waals surface area contributed by atoms with Crippen LogP contribution in [0.5, 0.6) is 0 Å². The Morgan fingerprint density at radius 2 is 1.80 bits per heavy atom. The number of fused-ring (bicyclic) bond motifs is 5. The Labute approximate surface area is 268 Å². The maximum absolute atomic E-state index is 12.6. The second-order valence-corrected chi connectivity index (χ2v) is 17.9. The molecule has 252 valence electrons. The van der Waals surface area contributed by atoms with Crippen LogP contribution in [0.15, 0.2) is 23.8 Å². The molecule has 44 heavy (non-hydrogen) atoms. The van der Waals surface area contributed by atoms with Gasteiger partial charge in [0.2, 0.25) is 0 Å². The minimum Gasteiger partial charge on any atom is -0.460 e. The molecule has 3 saturated carbocycles. The number of likely N-dealkylation sites (N-methyl/N-ethyl adjacent to an activating group) is 1. The lowest BCUT2D eigenvalue weighted by Gasteiger charge is -2.58. The van der Waals surface area contributed by atoms with Crippen LogP contribution in [0.25, 0.3) is 0 Å². The van der Waals surface area contributed by atoms with Crippen molar-refractivity contribution in [1.29, 1.82) is 0 Å². The van der Waals surface area contributed by atoms with Crippen molar-refractivity contribution in [3.8, 4) is 0 Å². The smallest absolute Gasteiger partial charge is 0.460 e. The largest absolute Gasteiger partial charge is 0.472 e. The Balaban J connectivity index is 1.33. The van der Waals surface area contributed by atoms with Crippen molar-refractivity contribution < 1.29 is 32.5 Å². The first-order valence-electron chi connectivity index (χ1n) is 17.5. The van der Waals surface area contributed by atoms with E-state index in [1.165, 1.54) is 37.7 Å². The monoisotopic (exact) mass is 636 g/mol. The van der Waals surface area contributed by atoms with Crippen LogP contribution in [0.4, 0.5) is 0 Å². The van der Waals surface area contributed by atoms with E-state index in [0.717, 1.165) is 43.4 Å². The zero-order valence-electron chi connectivity index (χ0n) is 29.2. The second-order valence-electron chi connectivity index (χ2n) is 16.5. The van der Waals surface area contributed by atoms with Crippen LogP contribution in [0.1, 0.15) is 99.3 Å². The van der Waals surface area contributed by atoms with E-state index < -0.39 is 20.4 Å². The first kappa shape index (κ1) is 35.9. The number of ether oxygens (including phenoxy) is 1. The van der Waals surface area contributed by atoms with Crippen LogP contribution in [0.3, 0.4) is 0 Å². The van der Waals surface area contributed by atoms with Gasteiger partial charge in [-0.3, -0.25) is 9.05 Å². The zero-order chi connectivity index (χ0) is 32.5. The van der Waals surface area contributed by atoms with Gasteiger partial charge in [-0.2, -0.15) is 0 Å². The Bertz CT molecular complexity index is 1110. The predicted octanol–water partition coefficient (Wildman–Crippen LogP) is 8.19. The summed E-state index contributed by atoms with van der Waals surface area (Å²) in [7, 11) is 1.59. The van der Waals surface area contributed by atoms with Gasteiger partial charge in [-0.25, -0.2) is 9.36 Å². The lowest BCUT2D eigenvalue weighted by Crippen LogP contribution is -2.51. The van der Waals surface area contributed by atoms with Gasteiger partial charge in [0.1, 0.15) is 19.3 Å². The number of rotatable bonds is 13. The normalized spacial score (nSPS) is 36.6. The first-order valence-corrected chi connectivity index (χ1v) is 19.0. The fourth-order valence-corrected chi connectivity index (χ4v) is 10.4. The van der Waals surface area contributed by atoms with Crippen molar-refractivity contribution in [3.63, 3.8) is 0 Å². The van der Waals surface area contributed by atoms with E-state index in [1.54, 1.807) is 0 Å². The summed E-state index contributed by atoms with van der Waals surface area (Å²) in [4.78, 5) is 22.5. The van der Waals surface area contributed by atoms with E-state index in [2.05, 4.69) is 59.8 Å². The van der Waals surface area contributed by atoms with E-state index in [9.17, 15) is 14.3 Å². The fourth-order valence-electron chi connectivity index (χ4n) is 9.74. The van der Waals surface area contributed by atoms with Crippen molar-refractivity contribution in [2.45, 2.75) is 105 Å². The van der Waals surface area contributed by atoms with Crippen molar-refractivity contribution >= 4 is 13.8 Å². The van der Waals surface area contributed by atoms with Gasteiger partial charge in [0.05, 0.1) is 21.1 Å². The molecule has 0 amide bonds. The SMILES string of the molecule is CC[C@H](/C=C/[C@@H](C)[C@H]1CC[C@H]2[C@@H]3CC=C4C[C@@H](OC(=O)COP(=O)(O)OCC[N+](C)(C)C)CC[C@]4(C)[C@H]3CC[C@]12C)C(C)C. The summed E-state index contributed by atoms with van der Waals surface area (Å²) in [5, 5.41) is 0. The standard InChI is InChI=1S/C36H62NO6P/c1-10-27(25(2)3)12-11-26(4)31-15-16-32-30-14-13-28-23-29(17-19-35(28,5)33(30)18-20-36(31,32)6)43-34(38)24-42-44(39,40)41-22-21-37(7,8)9/h11-13,25-27,29-33H,10,14-24H2,1-9H3/p+1/b12-11+/t26-,27-,29+,30+,31-,32+,33+,35+,36-/m1/s1. The molecule has 4 rings (SSSR count). The molecular formula is C36H63NO6P+. The molecule has 1 unspecified atom stereocenters. The van der Waals surface area contributed by atoms with E-state index in [-0.39, 0.29) is 18.1 Å². The van der Waals surface area contributed by atoms with E-state index >= 15 is 0 Å². The number of esters is 1. The highest BCUT2D eigenvalue weighted by molar-refractivity contribution is 7.47. The number of quaternary nitrogens is 1. The molecule has 10 atom stereocenters. The molecule has 0 spiro atoms. The van der Waals surface area contributed by atoms with Crippen molar-refractivity contribution in [1.82, 2.24) is 0 Å². The molecule has 0 aromatic heterocycles. The Hall–Kier alpha value is -0.980. The molecule has 4 aliphatic rings. The number of phosphoric ester groups is 1. The maximum atomic E-state index is 12.6. The summed E-state index contributed by atoms with van der Waals surface area (Å²) in [6, 6.07) is 0. The number of hydrogen-bond acceptors (Lipinski definition) is 5. The van der Waals surface area contributed by atoms with Crippen LogP contribution in [-0.2, 0) is 23.1 Å². The third-order valence-corrected chi connectivity index (χ3v) is 13.4. The van der Waals surface area contributed by atoms with Gasteiger partial charge < -0.3 is 14.1 Å². The molecule has 0 heterocycles. The average Bonchev–Trinajstić information content (AvgIpc) is 3.29. The zero-order valence-corrected chi connectivity index (χ0v) is 30.1. The molecule has 0 radical (unpaired) electrons. The quantitative estimate of drug-likeness (QED) is 0.0950. The average molecular weight is 637 g/mol. The lowest BCUT2D eigenvalue weighted by atomic mass is 9.47. The first-order chi connectivity index (χ1) is 20.5. The van der Waals surface area contributed by atoms with Gasteiger partial charge in [0.15, 0.2) is 6.61 Å². The van der Waals surface area contributed by atoms with E-state index in [4.69, 9.17) is 13.8 Å². The fraction of sp³-hybridized carbons (Fsp3) is 0.861. The van der Waals surface area contributed by atoms with Gasteiger partial charge in [0, 0.05) is 6.42 Å². The molecule has 4 aliphatic carbocycles. The van der Waals surface area contributed by atoms with E-state index in [0.29, 0.717) is 40.1 Å². The number of hydrogen-bond donors (Lipinski definition) is 1. The second kappa shape index (κ2) is 14.0. The molecule has 0 aliphatic heterocycles. The summed E-state index contributed by atoms with van der Waals surface area (Å²) >= 11 is 0. The van der Waals surface area contributed by atoms with Gasteiger partial charge in [-0.15, -0.1) is 0 Å². The number of nitrogens with zero attached hydrogens (tertiary/aromatic N) is 1. The molecule has 7 nitrogen and oxygen atoms in total. The van der Waals surface area contributed by atoms with Gasteiger partial charge in [-0.1, -0.05) is 65.3 Å². The van der Waals surface area contributed by atoms with Crippen molar-refractivity contribution in [2.24, 2.45) is 52.3 Å². The number of carbonyl (C=O) groups is 1. The molecule has 0 bridgehead atoms. The summed E-state index contributed by atoms with van der Waals surface area (Å²) in [5.41, 5.74) is 2.04. The minimum atomic E-state index is -4.30. The van der Waals surface area contributed by atoms with Crippen LogP contribution < -0.4 is 0 Å². The number of phosphoric acid groups is 1. The highest BCUT2D eigenvalue weighted by atomic mass is 31.2. The van der Waals surface area contributed by atoms with Crippen molar-refractivity contribution in [2.75, 3.05) is 40.9 Å². The summed E-state index contributed by atoms with van der Waals surface area (Å²) in [5.74, 6) is 4.38. The highest BCUT2D eigenvalue weighted by Gasteiger charge is 2.59. The summed E-state index contributed by atoms with van der Waals surface area (Å²) < 4.78 is 28.5. The van der Waals surface area contributed by atoms with Crippen LogP contribution in [-0.4, -0.2) is 62.4 Å². The molecule has 3 fully saturated rings. The summed E-state index contributed by atoms with van der Waals surface area (Å²) in [6.07, 6.45) is 17.6. The summed E-state index contributed by atoms with van der Waals surface area (Å²) in [6.45, 7) is 14.6. The van der Waals surface area contributed by atoms with Gasteiger partial charge in [-0.05, 0) is 104 Å². The predicted molar refractivity (Wildman–Crippen MR) is 177 cm³/mol. The Morgan fingerprint density at radius 1 is 1.07 bits per heavy atom. The number of carbonyl (C=O) groups excluding carboxylic acids is 1. The van der Waals surface area contributed by atoms with Gasteiger partial charge in [0.25, 0.3) is 0 Å². The molecule has 8 heteroatoms. The third-order valence-electron chi connectivity index (χ3n) is 12.4. The minimum absolute atomic E-state index is 0.0677. The third kappa shape index (κ3) is 8.11. The highest BCUT2D eigenvalue weighted by Crippen LogP contribution is 2.67. The van der Waals surface area contributed by atoms with Crippen LogP contribution in [0, 0.1) is 52.3 Å². The number of allylic oxidation sites excluding steroid dienone is 3. The molecule has 0 aromatic rings. The molecule has 0 saturated heterocycles. The molecular weight excluding hydrogens is 573 g/mol. The molecule has 1 N–H and O–H groups in total. The lowest BCUT2D eigenvalue weighted by molar-refractivity contribution is -0.870. The Morgan fingerprint density at radius 3 is 2.45 bits per heavy atom. The van der Waals surface area contributed by atoms with Crippen molar-refractivity contribution in [3.05, 3.63) is 23.8 Å². The van der Waals surface area contributed by atoms with Crippen LogP contribution >= 0.6 is 7.82 Å². The Kier molecular flexibility index (Phi) is 11.4. The molecule has 0 aromatic carbocycles. The van der Waals surface area contributed by atoms with Crippen LogP contribution in [0.2, 0.25) is 0 Å². The maximum Gasteiger partial charge on any atom is 0.472 e.